The largest absolute Gasteiger partial charge is 0.396 e. The van der Waals surface area contributed by atoms with Crippen molar-refractivity contribution in [2.24, 2.45) is 0 Å². The van der Waals surface area contributed by atoms with Crippen molar-refractivity contribution in [2.45, 2.75) is 38.8 Å². The van der Waals surface area contributed by atoms with Gasteiger partial charge in [0.15, 0.2) is 5.65 Å². The van der Waals surface area contributed by atoms with Crippen LogP contribution >= 0.6 is 15.9 Å². The molecule has 2 aromatic rings. The van der Waals surface area contributed by atoms with E-state index < -0.39 is 0 Å². The molecule has 0 amide bonds. The van der Waals surface area contributed by atoms with E-state index in [0.717, 1.165) is 47.5 Å². The normalized spacial score (nSPS) is 19.7. The summed E-state index contributed by atoms with van der Waals surface area (Å²) in [5.41, 5.74) is 1.89. The summed E-state index contributed by atoms with van der Waals surface area (Å²) in [7, 11) is 0. The maximum atomic E-state index is 9.16. The van der Waals surface area contributed by atoms with Gasteiger partial charge < -0.3 is 9.67 Å². The van der Waals surface area contributed by atoms with Gasteiger partial charge in [0.25, 0.3) is 0 Å². The van der Waals surface area contributed by atoms with Gasteiger partial charge in [-0.25, -0.2) is 9.97 Å². The van der Waals surface area contributed by atoms with Crippen molar-refractivity contribution in [1.29, 1.82) is 0 Å². The Morgan fingerprint density at radius 3 is 3.10 bits per heavy atom. The van der Waals surface area contributed by atoms with E-state index in [-0.39, 0.29) is 6.61 Å². The summed E-state index contributed by atoms with van der Waals surface area (Å²) < 4.78 is 3.22. The first-order valence-electron chi connectivity index (χ1n) is 7.52. The number of hydrogen-bond acceptors (Lipinski definition) is 4. The SMILES string of the molecule is Cc1nc2ncc(Br)cc2n1CCN1CCC[C@@H]1CCO. The first-order valence-corrected chi connectivity index (χ1v) is 8.31. The zero-order chi connectivity index (χ0) is 14.8. The van der Waals surface area contributed by atoms with E-state index in [4.69, 9.17) is 5.11 Å². The minimum Gasteiger partial charge on any atom is -0.396 e. The fourth-order valence-electron chi connectivity index (χ4n) is 3.27. The minimum absolute atomic E-state index is 0.283. The van der Waals surface area contributed by atoms with Crippen LogP contribution in [0.25, 0.3) is 11.2 Å². The average Bonchev–Trinajstić information content (AvgIpc) is 3.01. The number of aliphatic hydroxyl groups excluding tert-OH is 1. The molecule has 3 rings (SSSR count). The Morgan fingerprint density at radius 1 is 1.43 bits per heavy atom. The van der Waals surface area contributed by atoms with E-state index in [1.165, 1.54) is 12.8 Å². The number of nitrogens with zero attached hydrogens (tertiary/aromatic N) is 4. The lowest BCUT2D eigenvalue weighted by Crippen LogP contribution is -2.33. The number of halogens is 1. The van der Waals surface area contributed by atoms with Gasteiger partial charge in [0.05, 0.1) is 5.52 Å². The highest BCUT2D eigenvalue weighted by molar-refractivity contribution is 9.10. The topological polar surface area (TPSA) is 54.2 Å². The quantitative estimate of drug-likeness (QED) is 0.897. The maximum absolute atomic E-state index is 9.16. The van der Waals surface area contributed by atoms with Crippen LogP contribution in [0.5, 0.6) is 0 Å². The van der Waals surface area contributed by atoms with E-state index in [1.54, 1.807) is 6.20 Å². The van der Waals surface area contributed by atoms with Crippen LogP contribution in [0.15, 0.2) is 16.7 Å². The van der Waals surface area contributed by atoms with E-state index in [2.05, 4.69) is 41.4 Å². The van der Waals surface area contributed by atoms with Crippen LogP contribution in [-0.4, -0.2) is 50.3 Å². The molecular formula is C15H21BrN4O. The predicted octanol–water partition coefficient (Wildman–Crippen LogP) is 2.35. The molecule has 6 heteroatoms. The van der Waals surface area contributed by atoms with Gasteiger partial charge in [-0.2, -0.15) is 0 Å². The molecule has 21 heavy (non-hydrogen) atoms. The number of aryl methyl sites for hydroxylation is 1. The molecule has 1 aliphatic heterocycles. The predicted molar refractivity (Wildman–Crippen MR) is 86.3 cm³/mol. The third-order valence-corrected chi connectivity index (χ3v) is 4.77. The van der Waals surface area contributed by atoms with Crippen molar-refractivity contribution < 1.29 is 5.11 Å². The molecule has 1 saturated heterocycles. The van der Waals surface area contributed by atoms with Gasteiger partial charge in [0, 0.05) is 36.4 Å². The van der Waals surface area contributed by atoms with Crippen molar-refractivity contribution in [3.05, 3.63) is 22.6 Å². The number of likely N-dealkylation sites (tertiary alicyclic amines) is 1. The van der Waals surface area contributed by atoms with Crippen molar-refractivity contribution in [1.82, 2.24) is 19.4 Å². The number of aliphatic hydroxyl groups is 1. The summed E-state index contributed by atoms with van der Waals surface area (Å²) in [6.07, 6.45) is 5.12. The van der Waals surface area contributed by atoms with Gasteiger partial charge in [-0.05, 0) is 54.7 Å². The van der Waals surface area contributed by atoms with Crippen LogP contribution in [0.3, 0.4) is 0 Å². The molecule has 1 aliphatic rings. The molecular weight excluding hydrogens is 332 g/mol. The second-order valence-corrected chi connectivity index (χ2v) is 6.57. The fourth-order valence-corrected chi connectivity index (χ4v) is 3.59. The number of fused-ring (bicyclic) bond motifs is 1. The van der Waals surface area contributed by atoms with Crippen LogP contribution in [0.2, 0.25) is 0 Å². The summed E-state index contributed by atoms with van der Waals surface area (Å²) in [6.45, 7) is 5.38. The molecule has 1 atom stereocenters. The lowest BCUT2D eigenvalue weighted by molar-refractivity contribution is 0.191. The highest BCUT2D eigenvalue weighted by Gasteiger charge is 2.23. The molecule has 2 aromatic heterocycles. The van der Waals surface area contributed by atoms with Gasteiger partial charge in [-0.3, -0.25) is 4.90 Å². The van der Waals surface area contributed by atoms with Gasteiger partial charge in [0.1, 0.15) is 5.82 Å². The molecule has 5 nitrogen and oxygen atoms in total. The molecule has 0 saturated carbocycles. The highest BCUT2D eigenvalue weighted by atomic mass is 79.9. The Labute approximate surface area is 133 Å². The maximum Gasteiger partial charge on any atom is 0.177 e. The summed E-state index contributed by atoms with van der Waals surface area (Å²) in [5, 5.41) is 9.16. The molecule has 1 N–H and O–H groups in total. The number of pyridine rings is 1. The lowest BCUT2D eigenvalue weighted by Gasteiger charge is -2.24. The average molecular weight is 353 g/mol. The van der Waals surface area contributed by atoms with Crippen LogP contribution in [0, 0.1) is 6.92 Å². The zero-order valence-corrected chi connectivity index (χ0v) is 13.9. The summed E-state index contributed by atoms with van der Waals surface area (Å²) in [5.74, 6) is 1.01. The van der Waals surface area contributed by atoms with E-state index in [0.29, 0.717) is 6.04 Å². The van der Waals surface area contributed by atoms with Gasteiger partial charge in [-0.1, -0.05) is 0 Å². The number of rotatable bonds is 5. The van der Waals surface area contributed by atoms with Crippen molar-refractivity contribution >= 4 is 27.1 Å². The number of aromatic nitrogens is 3. The molecule has 0 aromatic carbocycles. The Bertz CT molecular complexity index is 627. The summed E-state index contributed by atoms with van der Waals surface area (Å²) in [4.78, 5) is 11.4. The van der Waals surface area contributed by atoms with E-state index in [9.17, 15) is 0 Å². The Kier molecular flexibility index (Phi) is 4.57. The number of imidazole rings is 1. The Morgan fingerprint density at radius 2 is 2.29 bits per heavy atom. The Hall–Kier alpha value is -0.980. The van der Waals surface area contributed by atoms with E-state index in [1.807, 2.05) is 6.92 Å². The first kappa shape index (κ1) is 14.9. The fraction of sp³-hybridized carbons (Fsp3) is 0.600. The molecule has 0 bridgehead atoms. The smallest absolute Gasteiger partial charge is 0.177 e. The second-order valence-electron chi connectivity index (χ2n) is 5.65. The van der Waals surface area contributed by atoms with Crippen LogP contribution < -0.4 is 0 Å². The van der Waals surface area contributed by atoms with Crippen molar-refractivity contribution in [3.63, 3.8) is 0 Å². The molecule has 0 aliphatic carbocycles. The van der Waals surface area contributed by atoms with Crippen molar-refractivity contribution in [2.75, 3.05) is 19.7 Å². The number of hydrogen-bond donors (Lipinski definition) is 1. The second kappa shape index (κ2) is 6.42. The van der Waals surface area contributed by atoms with Crippen LogP contribution in [0.1, 0.15) is 25.1 Å². The summed E-state index contributed by atoms with van der Waals surface area (Å²) in [6, 6.07) is 2.62. The monoisotopic (exact) mass is 352 g/mol. The van der Waals surface area contributed by atoms with Gasteiger partial charge in [0.2, 0.25) is 0 Å². The Balaban J connectivity index is 1.76. The van der Waals surface area contributed by atoms with Gasteiger partial charge >= 0.3 is 0 Å². The minimum atomic E-state index is 0.283. The summed E-state index contributed by atoms with van der Waals surface area (Å²) >= 11 is 3.48. The van der Waals surface area contributed by atoms with E-state index >= 15 is 0 Å². The molecule has 0 spiro atoms. The lowest BCUT2D eigenvalue weighted by atomic mass is 10.1. The first-order chi connectivity index (χ1) is 10.2. The van der Waals surface area contributed by atoms with Crippen LogP contribution in [0.4, 0.5) is 0 Å². The molecule has 114 valence electrons. The molecule has 0 unspecified atom stereocenters. The third-order valence-electron chi connectivity index (χ3n) is 4.34. The zero-order valence-electron chi connectivity index (χ0n) is 12.3. The van der Waals surface area contributed by atoms with Gasteiger partial charge in [-0.15, -0.1) is 0 Å². The third kappa shape index (κ3) is 3.12. The highest BCUT2D eigenvalue weighted by Crippen LogP contribution is 2.22. The molecule has 0 radical (unpaired) electrons. The molecule has 3 heterocycles. The van der Waals surface area contributed by atoms with Crippen LogP contribution in [-0.2, 0) is 6.54 Å². The molecule has 1 fully saturated rings. The van der Waals surface area contributed by atoms with Crippen molar-refractivity contribution in [3.8, 4) is 0 Å². The standard InChI is InChI=1S/C15H21BrN4O/c1-11-18-15-14(9-12(16)10-17-15)20(11)7-6-19-5-2-3-13(19)4-8-21/h9-10,13,21H,2-8H2,1H3/t13-/m1/s1.